The van der Waals surface area contributed by atoms with Crippen molar-refractivity contribution >= 4 is 23.6 Å². The summed E-state index contributed by atoms with van der Waals surface area (Å²) in [4.78, 5) is 30.8. The van der Waals surface area contributed by atoms with Gasteiger partial charge in [-0.1, -0.05) is 54.9 Å². The third-order valence-electron chi connectivity index (χ3n) is 7.97. The molecule has 0 saturated carbocycles. The maximum absolute atomic E-state index is 13.5. The summed E-state index contributed by atoms with van der Waals surface area (Å²) in [7, 11) is 1.88. The molecule has 1 fully saturated rings. The van der Waals surface area contributed by atoms with Crippen LogP contribution in [0, 0.1) is 5.92 Å². The van der Waals surface area contributed by atoms with Crippen LogP contribution in [0.25, 0.3) is 11.1 Å². The van der Waals surface area contributed by atoms with Crippen LogP contribution in [0.2, 0.25) is 5.15 Å². The average molecular weight is 579 g/mol. The van der Waals surface area contributed by atoms with E-state index < -0.39 is 11.7 Å². The molecule has 1 aliphatic rings. The number of carbonyl (C=O) groups excluding carboxylic acids is 1. The third-order valence-corrected chi connectivity index (χ3v) is 8.26. The van der Waals surface area contributed by atoms with Gasteiger partial charge in [0.1, 0.15) is 5.15 Å². The first-order valence-corrected chi connectivity index (χ1v) is 14.6. The largest absolute Gasteiger partial charge is 0.465 e. The number of aromatic nitrogens is 1. The number of carboxylic acid groups (broad SMARTS) is 1. The van der Waals surface area contributed by atoms with E-state index in [1.807, 2.05) is 60.5 Å². The van der Waals surface area contributed by atoms with E-state index in [9.17, 15) is 14.7 Å². The Hall–Kier alpha value is -3.46. The highest BCUT2D eigenvalue weighted by molar-refractivity contribution is 6.32. The molecule has 4 rings (SSSR count). The van der Waals surface area contributed by atoms with E-state index >= 15 is 0 Å². The van der Waals surface area contributed by atoms with Crippen LogP contribution in [-0.4, -0.2) is 58.8 Å². The summed E-state index contributed by atoms with van der Waals surface area (Å²) in [5.41, 5.74) is 3.66. The van der Waals surface area contributed by atoms with Crippen LogP contribution in [0.5, 0.6) is 0 Å². The number of rotatable bonds is 11. The van der Waals surface area contributed by atoms with Crippen LogP contribution in [-0.2, 0) is 18.6 Å². The number of likely N-dealkylation sites (tertiary alicyclic amines) is 1. The van der Waals surface area contributed by atoms with Gasteiger partial charge >= 0.3 is 6.09 Å². The Morgan fingerprint density at radius 2 is 1.93 bits per heavy atom. The van der Waals surface area contributed by atoms with Gasteiger partial charge in [0.2, 0.25) is 0 Å². The normalized spacial score (nSPS) is 16.7. The number of aliphatic hydroxyl groups is 1. The second-order valence-electron chi connectivity index (χ2n) is 10.7. The number of nitrogens with one attached hydrogen (secondary N) is 2. The Labute approximate surface area is 246 Å². The summed E-state index contributed by atoms with van der Waals surface area (Å²) in [5, 5.41) is 27.5. The quantitative estimate of drug-likeness (QED) is 0.177. The maximum Gasteiger partial charge on any atom is 0.404 e. The number of carbonyl (C=O) groups is 2. The molecular weight excluding hydrogens is 540 g/mol. The van der Waals surface area contributed by atoms with E-state index in [0.29, 0.717) is 54.2 Å². The molecule has 2 atom stereocenters. The molecule has 1 aliphatic heterocycles. The number of halogens is 1. The number of aryl methyl sites for hydroxylation is 1. The lowest BCUT2D eigenvalue weighted by Crippen LogP contribution is -2.48. The predicted molar refractivity (Wildman–Crippen MR) is 161 cm³/mol. The molecule has 2 unspecified atom stereocenters. The van der Waals surface area contributed by atoms with Gasteiger partial charge in [-0.25, -0.2) is 9.78 Å². The van der Waals surface area contributed by atoms with Crippen molar-refractivity contribution in [1.29, 1.82) is 0 Å². The SMILES string of the molecule is CCc1cccc(-c2c(C(O)(CCCNC(=O)O)C3CCCN(C(=O)c4ccc(CNC)cc4)C3)ccnc2Cl)c1. The number of piperidine rings is 1. The second kappa shape index (κ2) is 13.9. The van der Waals surface area contributed by atoms with Crippen LogP contribution in [0.15, 0.2) is 60.8 Å². The van der Waals surface area contributed by atoms with Crippen molar-refractivity contribution in [2.24, 2.45) is 5.92 Å². The molecule has 218 valence electrons. The Bertz CT molecular complexity index is 1350. The lowest BCUT2D eigenvalue weighted by molar-refractivity contribution is -0.0563. The van der Waals surface area contributed by atoms with Gasteiger partial charge in [0.15, 0.2) is 0 Å². The number of hydrogen-bond acceptors (Lipinski definition) is 5. The topological polar surface area (TPSA) is 115 Å². The van der Waals surface area contributed by atoms with Gasteiger partial charge in [-0.2, -0.15) is 0 Å². The van der Waals surface area contributed by atoms with Gasteiger partial charge in [0.05, 0.1) is 5.60 Å². The molecule has 0 spiro atoms. The zero-order valence-corrected chi connectivity index (χ0v) is 24.5. The molecule has 8 nitrogen and oxygen atoms in total. The van der Waals surface area contributed by atoms with E-state index in [-0.39, 0.29) is 18.4 Å². The van der Waals surface area contributed by atoms with Crippen molar-refractivity contribution in [2.45, 2.75) is 51.2 Å². The van der Waals surface area contributed by atoms with E-state index in [1.165, 1.54) is 0 Å². The fourth-order valence-corrected chi connectivity index (χ4v) is 6.10. The summed E-state index contributed by atoms with van der Waals surface area (Å²) in [6.45, 7) is 3.98. The minimum absolute atomic E-state index is 0.0655. The summed E-state index contributed by atoms with van der Waals surface area (Å²) in [5.74, 6) is -0.357. The predicted octanol–water partition coefficient (Wildman–Crippen LogP) is 5.47. The van der Waals surface area contributed by atoms with Gasteiger partial charge in [-0.3, -0.25) is 4.79 Å². The standard InChI is InChI=1S/C32H39ClN4O4/c1-3-22-7-4-8-25(19-22)28-27(14-17-35-29(28)33)32(41,15-6-16-36-31(39)40)26-9-5-18-37(21-26)30(38)24-12-10-23(11-13-24)20-34-2/h4,7-8,10-14,17,19,26,34,36,41H,3,5-6,9,15-16,18,20-21H2,1-2H3,(H,39,40). The summed E-state index contributed by atoms with van der Waals surface area (Å²) in [6, 6.07) is 17.5. The van der Waals surface area contributed by atoms with Crippen molar-refractivity contribution in [3.05, 3.63) is 88.2 Å². The molecule has 0 radical (unpaired) electrons. The number of amides is 2. The van der Waals surface area contributed by atoms with Gasteiger partial charge in [0.25, 0.3) is 5.91 Å². The van der Waals surface area contributed by atoms with Crippen LogP contribution in [0.3, 0.4) is 0 Å². The zero-order chi connectivity index (χ0) is 29.4. The van der Waals surface area contributed by atoms with Crippen molar-refractivity contribution in [1.82, 2.24) is 20.5 Å². The third kappa shape index (κ3) is 7.25. The van der Waals surface area contributed by atoms with E-state index in [0.717, 1.165) is 36.1 Å². The first-order chi connectivity index (χ1) is 19.8. The molecule has 1 aromatic heterocycles. The molecule has 4 N–H and O–H groups in total. The molecule has 9 heteroatoms. The van der Waals surface area contributed by atoms with E-state index in [4.69, 9.17) is 16.7 Å². The highest BCUT2D eigenvalue weighted by Gasteiger charge is 2.43. The molecule has 2 aromatic carbocycles. The van der Waals surface area contributed by atoms with Gasteiger partial charge in [-0.05, 0) is 79.6 Å². The molecule has 0 aliphatic carbocycles. The Morgan fingerprint density at radius 3 is 2.63 bits per heavy atom. The number of nitrogens with zero attached hydrogens (tertiary/aromatic N) is 2. The smallest absolute Gasteiger partial charge is 0.404 e. The van der Waals surface area contributed by atoms with Crippen molar-refractivity contribution in [2.75, 3.05) is 26.7 Å². The average Bonchev–Trinajstić information content (AvgIpc) is 2.99. The Balaban J connectivity index is 1.69. The minimum Gasteiger partial charge on any atom is -0.465 e. The lowest BCUT2D eigenvalue weighted by Gasteiger charge is -2.43. The van der Waals surface area contributed by atoms with Crippen LogP contribution in [0.1, 0.15) is 59.7 Å². The van der Waals surface area contributed by atoms with Crippen LogP contribution >= 0.6 is 11.6 Å². The zero-order valence-electron chi connectivity index (χ0n) is 23.7. The first-order valence-electron chi connectivity index (χ1n) is 14.2. The molecule has 0 bridgehead atoms. The molecule has 1 saturated heterocycles. The molecule has 41 heavy (non-hydrogen) atoms. The summed E-state index contributed by atoms with van der Waals surface area (Å²) in [6.07, 6.45) is 3.50. The highest BCUT2D eigenvalue weighted by atomic mass is 35.5. The number of benzene rings is 2. The summed E-state index contributed by atoms with van der Waals surface area (Å²) < 4.78 is 0. The van der Waals surface area contributed by atoms with Gasteiger partial charge in [-0.15, -0.1) is 0 Å². The van der Waals surface area contributed by atoms with Crippen molar-refractivity contribution < 1.29 is 19.8 Å². The molecular formula is C32H39ClN4O4. The first kappa shape index (κ1) is 30.5. The van der Waals surface area contributed by atoms with Crippen molar-refractivity contribution in [3.8, 4) is 11.1 Å². The molecule has 2 heterocycles. The number of hydrogen-bond donors (Lipinski definition) is 4. The molecule has 3 aromatic rings. The van der Waals surface area contributed by atoms with Crippen LogP contribution in [0.4, 0.5) is 4.79 Å². The lowest BCUT2D eigenvalue weighted by atomic mass is 9.72. The minimum atomic E-state index is -1.38. The van der Waals surface area contributed by atoms with Gasteiger partial charge < -0.3 is 25.7 Å². The highest BCUT2D eigenvalue weighted by Crippen LogP contribution is 2.45. The monoisotopic (exact) mass is 578 g/mol. The Kier molecular flexibility index (Phi) is 10.4. The summed E-state index contributed by atoms with van der Waals surface area (Å²) >= 11 is 6.72. The maximum atomic E-state index is 13.5. The fraction of sp³-hybridized carbons (Fsp3) is 0.406. The Morgan fingerprint density at radius 1 is 1.15 bits per heavy atom. The molecule has 2 amide bonds. The van der Waals surface area contributed by atoms with Crippen molar-refractivity contribution in [3.63, 3.8) is 0 Å². The van der Waals surface area contributed by atoms with Crippen LogP contribution < -0.4 is 10.6 Å². The second-order valence-corrected chi connectivity index (χ2v) is 11.0. The fourth-order valence-electron chi connectivity index (χ4n) is 5.83. The van der Waals surface area contributed by atoms with Gasteiger partial charge in [0, 0.05) is 49.4 Å². The van der Waals surface area contributed by atoms with E-state index in [1.54, 1.807) is 6.20 Å². The van der Waals surface area contributed by atoms with E-state index in [2.05, 4.69) is 28.6 Å². The number of pyridine rings is 1.